The smallest absolute Gasteiger partial charge is 0.301 e. The molecule has 0 saturated carbocycles. The van der Waals surface area contributed by atoms with E-state index in [0.717, 1.165) is 25.9 Å². The third kappa shape index (κ3) is 3.46. The van der Waals surface area contributed by atoms with Gasteiger partial charge in [0.25, 0.3) is 0 Å². The molecule has 0 bridgehead atoms. The van der Waals surface area contributed by atoms with Crippen molar-refractivity contribution in [2.24, 2.45) is 5.92 Å². The summed E-state index contributed by atoms with van der Waals surface area (Å²) in [4.78, 5) is 10.00. The van der Waals surface area contributed by atoms with Gasteiger partial charge in [-0.15, -0.1) is 0 Å². The number of carbonyl (C=O) groups is 1. The van der Waals surface area contributed by atoms with Crippen molar-refractivity contribution in [3.05, 3.63) is 0 Å². The van der Waals surface area contributed by atoms with E-state index in [0.29, 0.717) is 12.3 Å². The molecule has 1 heterocycles. The Morgan fingerprint density at radius 3 is 3.00 bits per heavy atom. The highest BCUT2D eigenvalue weighted by Gasteiger charge is 2.13. The number of hydrogen-bond acceptors (Lipinski definition) is 2. The molecular weight excluding hydrogens is 145 g/mol. The number of carbonyl (C=O) groups excluding carboxylic acids is 1. The molecule has 0 radical (unpaired) electrons. The molecule has 0 aromatic carbocycles. The average Bonchev–Trinajstić information content (AvgIpc) is 2.03. The Kier molecular flexibility index (Phi) is 3.49. The lowest BCUT2D eigenvalue weighted by Gasteiger charge is -2.21. The van der Waals surface area contributed by atoms with E-state index >= 15 is 0 Å². The van der Waals surface area contributed by atoms with E-state index in [1.54, 1.807) is 0 Å². The van der Waals surface area contributed by atoms with E-state index in [4.69, 9.17) is 0 Å². The lowest BCUT2D eigenvalue weighted by Crippen LogP contribution is -2.29. The number of rotatable bonds is 3. The van der Waals surface area contributed by atoms with Crippen molar-refractivity contribution in [3.8, 4) is 0 Å². The summed E-state index contributed by atoms with van der Waals surface area (Å²) >= 11 is 0. The summed E-state index contributed by atoms with van der Waals surface area (Å²) in [6.07, 6.45) is 3.11. The van der Waals surface area contributed by atoms with E-state index in [9.17, 15) is 9.18 Å². The van der Waals surface area contributed by atoms with Crippen LogP contribution in [0.2, 0.25) is 0 Å². The van der Waals surface area contributed by atoms with Gasteiger partial charge in [-0.05, 0) is 38.3 Å². The maximum Gasteiger partial charge on any atom is 0.301 e. The molecule has 1 saturated heterocycles. The van der Waals surface area contributed by atoms with Crippen LogP contribution in [-0.2, 0) is 4.79 Å². The highest BCUT2D eigenvalue weighted by molar-refractivity contribution is 5.67. The number of hydrogen-bond donors (Lipinski definition) is 1. The standard InChI is InChI=1S/C8H14FNO/c9-8(11)4-3-7-2-1-5-10-6-7/h7,10H,1-6H2. The summed E-state index contributed by atoms with van der Waals surface area (Å²) in [5.41, 5.74) is 0. The summed E-state index contributed by atoms with van der Waals surface area (Å²) in [7, 11) is 0. The first-order valence-electron chi connectivity index (χ1n) is 4.18. The average molecular weight is 159 g/mol. The minimum atomic E-state index is -1.17. The van der Waals surface area contributed by atoms with Crippen LogP contribution >= 0.6 is 0 Å². The Balaban J connectivity index is 2.09. The maximum absolute atomic E-state index is 11.8. The van der Waals surface area contributed by atoms with E-state index in [1.807, 2.05) is 0 Å². The van der Waals surface area contributed by atoms with Crippen molar-refractivity contribution >= 4 is 6.04 Å². The van der Waals surface area contributed by atoms with Gasteiger partial charge >= 0.3 is 6.04 Å². The zero-order valence-corrected chi connectivity index (χ0v) is 6.61. The van der Waals surface area contributed by atoms with Gasteiger partial charge < -0.3 is 5.32 Å². The number of piperidine rings is 1. The van der Waals surface area contributed by atoms with Crippen LogP contribution in [0.25, 0.3) is 0 Å². The van der Waals surface area contributed by atoms with Gasteiger partial charge in [-0.25, -0.2) is 0 Å². The van der Waals surface area contributed by atoms with Crippen LogP contribution in [-0.4, -0.2) is 19.1 Å². The summed E-state index contributed by atoms with van der Waals surface area (Å²) in [5, 5.41) is 3.22. The molecule has 0 aromatic rings. The van der Waals surface area contributed by atoms with Crippen LogP contribution in [0.1, 0.15) is 25.7 Å². The Morgan fingerprint density at radius 2 is 2.45 bits per heavy atom. The van der Waals surface area contributed by atoms with Crippen molar-refractivity contribution in [2.45, 2.75) is 25.7 Å². The normalized spacial score (nSPS) is 25.0. The molecule has 64 valence electrons. The van der Waals surface area contributed by atoms with Gasteiger partial charge in [0.2, 0.25) is 0 Å². The molecule has 1 aliphatic rings. The molecule has 0 aliphatic carbocycles. The highest BCUT2D eigenvalue weighted by atomic mass is 19.1. The van der Waals surface area contributed by atoms with Gasteiger partial charge in [-0.2, -0.15) is 4.39 Å². The van der Waals surface area contributed by atoms with E-state index in [2.05, 4.69) is 5.32 Å². The van der Waals surface area contributed by atoms with Crippen molar-refractivity contribution < 1.29 is 9.18 Å². The molecule has 1 aliphatic heterocycles. The fourth-order valence-corrected chi connectivity index (χ4v) is 1.49. The number of halogens is 1. The van der Waals surface area contributed by atoms with Gasteiger partial charge in [0, 0.05) is 6.42 Å². The van der Waals surface area contributed by atoms with Crippen molar-refractivity contribution in [1.82, 2.24) is 5.32 Å². The van der Waals surface area contributed by atoms with Crippen molar-refractivity contribution in [3.63, 3.8) is 0 Å². The van der Waals surface area contributed by atoms with Crippen LogP contribution in [0, 0.1) is 5.92 Å². The van der Waals surface area contributed by atoms with Gasteiger partial charge in [0.1, 0.15) is 0 Å². The third-order valence-electron chi connectivity index (χ3n) is 2.15. The molecule has 1 unspecified atom stereocenters. The van der Waals surface area contributed by atoms with Crippen LogP contribution < -0.4 is 5.32 Å². The van der Waals surface area contributed by atoms with Gasteiger partial charge in [0.15, 0.2) is 0 Å². The lowest BCUT2D eigenvalue weighted by atomic mass is 9.95. The fourth-order valence-electron chi connectivity index (χ4n) is 1.49. The first kappa shape index (κ1) is 8.65. The second-order valence-corrected chi connectivity index (χ2v) is 3.11. The van der Waals surface area contributed by atoms with E-state index in [-0.39, 0.29) is 6.42 Å². The first-order chi connectivity index (χ1) is 5.29. The molecule has 1 fully saturated rings. The van der Waals surface area contributed by atoms with Crippen molar-refractivity contribution in [1.29, 1.82) is 0 Å². The molecule has 1 N–H and O–H groups in total. The zero-order valence-electron chi connectivity index (χ0n) is 6.61. The van der Waals surface area contributed by atoms with E-state index < -0.39 is 6.04 Å². The molecule has 0 spiro atoms. The minimum absolute atomic E-state index is 0.104. The fraction of sp³-hybridized carbons (Fsp3) is 0.875. The second-order valence-electron chi connectivity index (χ2n) is 3.11. The van der Waals surface area contributed by atoms with Crippen LogP contribution in [0.4, 0.5) is 4.39 Å². The summed E-state index contributed by atoms with van der Waals surface area (Å²) in [6, 6.07) is -1.17. The predicted molar refractivity (Wildman–Crippen MR) is 40.9 cm³/mol. The largest absolute Gasteiger partial charge is 0.316 e. The third-order valence-corrected chi connectivity index (χ3v) is 2.15. The lowest BCUT2D eigenvalue weighted by molar-refractivity contribution is -0.129. The summed E-state index contributed by atoms with van der Waals surface area (Å²) in [6.45, 7) is 2.02. The Hall–Kier alpha value is -0.440. The van der Waals surface area contributed by atoms with Gasteiger partial charge in [-0.3, -0.25) is 4.79 Å². The van der Waals surface area contributed by atoms with Gasteiger partial charge in [0.05, 0.1) is 0 Å². The molecule has 0 amide bonds. The van der Waals surface area contributed by atoms with Crippen molar-refractivity contribution in [2.75, 3.05) is 13.1 Å². The number of nitrogens with one attached hydrogen (secondary N) is 1. The van der Waals surface area contributed by atoms with Crippen LogP contribution in [0.5, 0.6) is 0 Å². The monoisotopic (exact) mass is 159 g/mol. The van der Waals surface area contributed by atoms with Crippen LogP contribution in [0.15, 0.2) is 0 Å². The molecular formula is C8H14FNO. The molecule has 1 rings (SSSR count). The first-order valence-corrected chi connectivity index (χ1v) is 4.18. The molecule has 0 aromatic heterocycles. The molecule has 2 nitrogen and oxygen atoms in total. The minimum Gasteiger partial charge on any atom is -0.316 e. The molecule has 11 heavy (non-hydrogen) atoms. The maximum atomic E-state index is 11.8. The Bertz CT molecular complexity index is 132. The van der Waals surface area contributed by atoms with Crippen LogP contribution in [0.3, 0.4) is 0 Å². The molecule has 3 heteroatoms. The summed E-state index contributed by atoms with van der Waals surface area (Å²) in [5.74, 6) is 0.517. The van der Waals surface area contributed by atoms with Gasteiger partial charge in [-0.1, -0.05) is 0 Å². The predicted octanol–water partition coefficient (Wildman–Crippen LogP) is 1.26. The summed E-state index contributed by atoms with van der Waals surface area (Å²) < 4.78 is 11.8. The molecule has 1 atom stereocenters. The zero-order chi connectivity index (χ0) is 8.10. The highest BCUT2D eigenvalue weighted by Crippen LogP contribution is 2.15. The van der Waals surface area contributed by atoms with E-state index in [1.165, 1.54) is 0 Å². The quantitative estimate of drug-likeness (QED) is 0.628. The Morgan fingerprint density at radius 1 is 1.64 bits per heavy atom. The topological polar surface area (TPSA) is 29.1 Å². The Labute approximate surface area is 66.2 Å². The SMILES string of the molecule is O=C(F)CCC1CCCNC1. The second kappa shape index (κ2) is 4.44.